The van der Waals surface area contributed by atoms with Crippen LogP contribution in [0.2, 0.25) is 10.0 Å². The van der Waals surface area contributed by atoms with Crippen LogP contribution in [-0.4, -0.2) is 29.3 Å². The predicted octanol–water partition coefficient (Wildman–Crippen LogP) is 4.90. The fourth-order valence-corrected chi connectivity index (χ4v) is 2.19. The number of amides is 2. The first-order valence-corrected chi connectivity index (χ1v) is 8.99. The van der Waals surface area contributed by atoms with E-state index in [0.717, 1.165) is 0 Å². The Bertz CT molecular complexity index is 690. The molecule has 0 aliphatic heterocycles. The van der Waals surface area contributed by atoms with Crippen LogP contribution in [0.1, 0.15) is 47.1 Å². The molecule has 1 aromatic rings. The van der Waals surface area contributed by atoms with Crippen molar-refractivity contribution in [2.45, 2.75) is 59.3 Å². The van der Waals surface area contributed by atoms with Gasteiger partial charge in [0.2, 0.25) is 5.96 Å². The van der Waals surface area contributed by atoms with Crippen molar-refractivity contribution in [1.29, 1.82) is 0 Å². The lowest BCUT2D eigenvalue weighted by molar-refractivity contribution is 0.0545. The molecule has 1 aromatic carbocycles. The van der Waals surface area contributed by atoms with Gasteiger partial charge >= 0.3 is 12.2 Å². The highest BCUT2D eigenvalue weighted by molar-refractivity contribution is 6.35. The molecular weight excluding hydrogens is 393 g/mol. The Labute approximate surface area is 169 Å². The molecule has 0 saturated carbocycles. The minimum Gasteiger partial charge on any atom is -0.444 e. The van der Waals surface area contributed by atoms with Gasteiger partial charge in [-0.05, 0) is 59.2 Å². The van der Waals surface area contributed by atoms with Crippen LogP contribution >= 0.6 is 23.2 Å². The first kappa shape index (κ1) is 23.0. The van der Waals surface area contributed by atoms with E-state index in [4.69, 9.17) is 32.7 Å². The summed E-state index contributed by atoms with van der Waals surface area (Å²) in [7, 11) is 0. The van der Waals surface area contributed by atoms with E-state index in [1.54, 1.807) is 59.7 Å². The second-order valence-corrected chi connectivity index (χ2v) is 8.50. The lowest BCUT2D eigenvalue weighted by Gasteiger charge is -2.22. The van der Waals surface area contributed by atoms with Gasteiger partial charge in [-0.15, -0.1) is 0 Å². The zero-order valence-electron chi connectivity index (χ0n) is 16.3. The van der Waals surface area contributed by atoms with Crippen LogP contribution in [0, 0.1) is 0 Å². The van der Waals surface area contributed by atoms with Crippen molar-refractivity contribution in [2.24, 2.45) is 4.99 Å². The van der Waals surface area contributed by atoms with Crippen molar-refractivity contribution < 1.29 is 19.1 Å². The standard InChI is InChI=1S/C18H25Cl2N3O4/c1-17(2,3)26-15(24)22-14(23-16(25)27-18(4,5)6)21-10-11-7-8-12(19)9-13(11)20/h7-9H,10H2,1-6H3,(H2,21,22,23,24,25). The molecule has 0 aromatic heterocycles. The van der Waals surface area contributed by atoms with Gasteiger partial charge in [-0.2, -0.15) is 0 Å². The second-order valence-electron chi connectivity index (χ2n) is 7.65. The third-order valence-corrected chi connectivity index (χ3v) is 3.25. The summed E-state index contributed by atoms with van der Waals surface area (Å²) < 4.78 is 10.4. The van der Waals surface area contributed by atoms with Gasteiger partial charge in [0.1, 0.15) is 11.2 Å². The Kier molecular flexibility index (Phi) is 7.92. The summed E-state index contributed by atoms with van der Waals surface area (Å²) in [6.45, 7) is 10.4. The molecule has 0 unspecified atom stereocenters. The molecule has 0 aliphatic carbocycles. The molecule has 2 N–H and O–H groups in total. The zero-order chi connectivity index (χ0) is 20.8. The first-order chi connectivity index (χ1) is 12.2. The second kappa shape index (κ2) is 9.28. The maximum atomic E-state index is 12.0. The van der Waals surface area contributed by atoms with Crippen molar-refractivity contribution in [3.05, 3.63) is 33.8 Å². The smallest absolute Gasteiger partial charge is 0.414 e. The Morgan fingerprint density at radius 1 is 0.963 bits per heavy atom. The number of benzene rings is 1. The normalized spacial score (nSPS) is 11.4. The summed E-state index contributed by atoms with van der Waals surface area (Å²) >= 11 is 12.0. The molecule has 1 rings (SSSR count). The summed E-state index contributed by atoms with van der Waals surface area (Å²) in [6.07, 6.45) is -1.53. The van der Waals surface area contributed by atoms with Crippen molar-refractivity contribution in [2.75, 3.05) is 0 Å². The number of carbonyl (C=O) groups is 2. The molecule has 150 valence electrons. The van der Waals surface area contributed by atoms with Gasteiger partial charge in [-0.25, -0.2) is 14.6 Å². The van der Waals surface area contributed by atoms with Gasteiger partial charge in [0.25, 0.3) is 0 Å². The molecule has 0 bridgehead atoms. The van der Waals surface area contributed by atoms with E-state index in [0.29, 0.717) is 15.6 Å². The number of carbonyl (C=O) groups excluding carboxylic acids is 2. The number of hydrogen-bond acceptors (Lipinski definition) is 5. The fraction of sp³-hybridized carbons (Fsp3) is 0.500. The maximum Gasteiger partial charge on any atom is 0.414 e. The third-order valence-electron chi connectivity index (χ3n) is 2.66. The van der Waals surface area contributed by atoms with Crippen LogP contribution in [0.4, 0.5) is 9.59 Å². The molecule has 0 atom stereocenters. The molecule has 0 spiro atoms. The van der Waals surface area contributed by atoms with Gasteiger partial charge in [-0.1, -0.05) is 29.3 Å². The van der Waals surface area contributed by atoms with E-state index in [-0.39, 0.29) is 12.5 Å². The number of nitrogens with one attached hydrogen (secondary N) is 2. The van der Waals surface area contributed by atoms with Gasteiger partial charge in [0, 0.05) is 10.0 Å². The molecule has 0 fully saturated rings. The highest BCUT2D eigenvalue weighted by Gasteiger charge is 2.21. The lowest BCUT2D eigenvalue weighted by atomic mass is 10.2. The Hall–Kier alpha value is -1.99. The molecule has 0 radical (unpaired) electrons. The average molecular weight is 418 g/mol. The fourth-order valence-electron chi connectivity index (χ4n) is 1.73. The van der Waals surface area contributed by atoms with Gasteiger partial charge < -0.3 is 9.47 Å². The van der Waals surface area contributed by atoms with Crippen LogP contribution in [0.15, 0.2) is 23.2 Å². The minimum absolute atomic E-state index is 0.0942. The monoisotopic (exact) mass is 417 g/mol. The van der Waals surface area contributed by atoms with E-state index >= 15 is 0 Å². The Balaban J connectivity index is 2.94. The largest absolute Gasteiger partial charge is 0.444 e. The molecule has 0 aliphatic rings. The number of alkyl carbamates (subject to hydrolysis) is 2. The SMILES string of the molecule is CC(C)(C)OC(=O)NC(=NCc1ccc(Cl)cc1Cl)NC(=O)OC(C)(C)C. The maximum absolute atomic E-state index is 12.0. The van der Waals surface area contributed by atoms with E-state index in [1.165, 1.54) is 0 Å². The number of ether oxygens (including phenoxy) is 2. The zero-order valence-corrected chi connectivity index (χ0v) is 17.8. The third kappa shape index (κ3) is 10.1. The predicted molar refractivity (Wildman–Crippen MR) is 106 cm³/mol. The van der Waals surface area contributed by atoms with Crippen molar-refractivity contribution in [1.82, 2.24) is 10.6 Å². The average Bonchev–Trinajstić information content (AvgIpc) is 2.41. The number of guanidine groups is 1. The number of halogens is 2. The molecule has 0 saturated heterocycles. The molecule has 0 heterocycles. The summed E-state index contributed by atoms with van der Waals surface area (Å²) in [4.78, 5) is 28.2. The van der Waals surface area contributed by atoms with Crippen LogP contribution in [-0.2, 0) is 16.0 Å². The van der Waals surface area contributed by atoms with E-state index in [1.807, 2.05) is 0 Å². The van der Waals surface area contributed by atoms with Crippen LogP contribution in [0.5, 0.6) is 0 Å². The van der Waals surface area contributed by atoms with E-state index in [2.05, 4.69) is 15.6 Å². The van der Waals surface area contributed by atoms with Gasteiger partial charge in [0.05, 0.1) is 6.54 Å². The van der Waals surface area contributed by atoms with E-state index in [9.17, 15) is 9.59 Å². The molecule has 7 nitrogen and oxygen atoms in total. The highest BCUT2D eigenvalue weighted by Crippen LogP contribution is 2.21. The molecule has 2 amide bonds. The lowest BCUT2D eigenvalue weighted by Crippen LogP contribution is -2.47. The number of rotatable bonds is 2. The minimum atomic E-state index is -0.764. The summed E-state index contributed by atoms with van der Waals surface area (Å²) in [5.74, 6) is -0.121. The number of aliphatic imine (C=N–C) groups is 1. The van der Waals surface area contributed by atoms with Crippen molar-refractivity contribution in [3.8, 4) is 0 Å². The summed E-state index contributed by atoms with van der Waals surface area (Å²) in [5, 5.41) is 5.71. The van der Waals surface area contributed by atoms with Crippen LogP contribution in [0.3, 0.4) is 0 Å². The quantitative estimate of drug-likeness (QED) is 0.528. The number of hydrogen-bond donors (Lipinski definition) is 2. The topological polar surface area (TPSA) is 89.0 Å². The summed E-state index contributed by atoms with van der Waals surface area (Å²) in [5.41, 5.74) is -0.753. The molecule has 9 heteroatoms. The van der Waals surface area contributed by atoms with E-state index < -0.39 is 23.4 Å². The van der Waals surface area contributed by atoms with Gasteiger partial charge in [-0.3, -0.25) is 10.6 Å². The van der Waals surface area contributed by atoms with Crippen molar-refractivity contribution in [3.63, 3.8) is 0 Å². The van der Waals surface area contributed by atoms with Crippen LogP contribution < -0.4 is 10.6 Å². The van der Waals surface area contributed by atoms with Crippen molar-refractivity contribution >= 4 is 41.3 Å². The Morgan fingerprint density at radius 3 is 1.85 bits per heavy atom. The molecular formula is C18H25Cl2N3O4. The number of nitrogens with zero attached hydrogens (tertiary/aromatic N) is 1. The highest BCUT2D eigenvalue weighted by atomic mass is 35.5. The summed E-state index contributed by atoms with van der Waals surface area (Å²) in [6, 6.07) is 4.95. The Morgan fingerprint density at radius 2 is 1.44 bits per heavy atom. The molecule has 27 heavy (non-hydrogen) atoms. The van der Waals surface area contributed by atoms with Crippen LogP contribution in [0.25, 0.3) is 0 Å². The van der Waals surface area contributed by atoms with Gasteiger partial charge in [0.15, 0.2) is 0 Å². The first-order valence-electron chi connectivity index (χ1n) is 8.23.